The Bertz CT molecular complexity index is 478. The first-order chi connectivity index (χ1) is 8.93. The van der Waals surface area contributed by atoms with E-state index >= 15 is 0 Å². The number of hydrogen-bond donors (Lipinski definition) is 0. The molecule has 0 saturated carbocycles. The van der Waals surface area contributed by atoms with E-state index in [0.29, 0.717) is 0 Å². The molecule has 2 heterocycles. The van der Waals surface area contributed by atoms with Gasteiger partial charge in [-0.3, -0.25) is 0 Å². The SMILES string of the molecule is CN1CCC2Oc3cc(C(C)(C)C)ccc3OC2C1. The first kappa shape index (κ1) is 12.8. The number of likely N-dealkylation sites (N-methyl/N-ethyl adjacent to an activating group) is 1. The van der Waals surface area contributed by atoms with Gasteiger partial charge in [-0.25, -0.2) is 0 Å². The van der Waals surface area contributed by atoms with Gasteiger partial charge in [0, 0.05) is 19.5 Å². The fourth-order valence-electron chi connectivity index (χ4n) is 2.79. The van der Waals surface area contributed by atoms with E-state index in [1.165, 1.54) is 5.56 Å². The number of likely N-dealkylation sites (tertiary alicyclic amines) is 1. The monoisotopic (exact) mass is 261 g/mol. The Morgan fingerprint density at radius 2 is 1.84 bits per heavy atom. The summed E-state index contributed by atoms with van der Waals surface area (Å²) in [5.41, 5.74) is 1.43. The second kappa shape index (κ2) is 4.41. The minimum Gasteiger partial charge on any atom is -0.483 e. The highest BCUT2D eigenvalue weighted by Crippen LogP contribution is 2.39. The molecule has 0 aliphatic carbocycles. The minimum atomic E-state index is 0.141. The van der Waals surface area contributed by atoms with Crippen LogP contribution in [0.3, 0.4) is 0 Å². The quantitative estimate of drug-likeness (QED) is 0.717. The van der Waals surface area contributed by atoms with Crippen LogP contribution < -0.4 is 9.47 Å². The summed E-state index contributed by atoms with van der Waals surface area (Å²) in [7, 11) is 2.14. The van der Waals surface area contributed by atoms with Crippen LogP contribution in [0.4, 0.5) is 0 Å². The molecule has 2 aliphatic rings. The fraction of sp³-hybridized carbons (Fsp3) is 0.625. The van der Waals surface area contributed by atoms with Gasteiger partial charge in [0.15, 0.2) is 11.5 Å². The average Bonchev–Trinajstić information content (AvgIpc) is 2.34. The standard InChI is InChI=1S/C16H23NO2/c1-16(2,3)11-5-6-12-14(9-11)18-13-7-8-17(4)10-15(13)19-12/h5-6,9,13,15H,7-8,10H2,1-4H3. The van der Waals surface area contributed by atoms with Crippen molar-refractivity contribution in [1.29, 1.82) is 0 Å². The van der Waals surface area contributed by atoms with Crippen LogP contribution in [0.1, 0.15) is 32.8 Å². The summed E-state index contributed by atoms with van der Waals surface area (Å²) in [5, 5.41) is 0. The molecule has 3 nitrogen and oxygen atoms in total. The van der Waals surface area contributed by atoms with Crippen molar-refractivity contribution in [3.63, 3.8) is 0 Å². The van der Waals surface area contributed by atoms with Crippen molar-refractivity contribution in [2.24, 2.45) is 0 Å². The zero-order valence-corrected chi connectivity index (χ0v) is 12.3. The molecule has 1 saturated heterocycles. The second-order valence-corrected chi connectivity index (χ2v) is 6.78. The number of hydrogen-bond acceptors (Lipinski definition) is 3. The molecule has 0 radical (unpaired) electrons. The van der Waals surface area contributed by atoms with Gasteiger partial charge in [-0.05, 0) is 30.2 Å². The lowest BCUT2D eigenvalue weighted by Crippen LogP contribution is -2.52. The molecule has 2 atom stereocenters. The van der Waals surface area contributed by atoms with E-state index in [1.54, 1.807) is 0 Å². The molecule has 1 aromatic rings. The van der Waals surface area contributed by atoms with Crippen LogP contribution in [0.2, 0.25) is 0 Å². The van der Waals surface area contributed by atoms with Gasteiger partial charge in [0.25, 0.3) is 0 Å². The van der Waals surface area contributed by atoms with Gasteiger partial charge in [-0.1, -0.05) is 26.8 Å². The van der Waals surface area contributed by atoms with Crippen molar-refractivity contribution in [3.8, 4) is 11.5 Å². The lowest BCUT2D eigenvalue weighted by atomic mass is 9.87. The lowest BCUT2D eigenvalue weighted by molar-refractivity contribution is -0.0283. The van der Waals surface area contributed by atoms with Gasteiger partial charge < -0.3 is 14.4 Å². The van der Waals surface area contributed by atoms with E-state index in [9.17, 15) is 0 Å². The van der Waals surface area contributed by atoms with Crippen LogP contribution in [-0.2, 0) is 5.41 Å². The van der Waals surface area contributed by atoms with Crippen LogP contribution in [-0.4, -0.2) is 37.2 Å². The maximum atomic E-state index is 6.17. The third kappa shape index (κ3) is 2.44. The summed E-state index contributed by atoms with van der Waals surface area (Å²) >= 11 is 0. The molecule has 2 unspecified atom stereocenters. The largest absolute Gasteiger partial charge is 0.483 e. The van der Waals surface area contributed by atoms with Crippen LogP contribution in [0, 0.1) is 0 Å². The van der Waals surface area contributed by atoms with Crippen LogP contribution >= 0.6 is 0 Å². The van der Waals surface area contributed by atoms with Gasteiger partial charge in [-0.15, -0.1) is 0 Å². The molecule has 0 aromatic heterocycles. The van der Waals surface area contributed by atoms with Gasteiger partial charge in [0.1, 0.15) is 12.2 Å². The highest BCUT2D eigenvalue weighted by Gasteiger charge is 2.36. The zero-order chi connectivity index (χ0) is 13.6. The zero-order valence-electron chi connectivity index (χ0n) is 12.3. The van der Waals surface area contributed by atoms with Crippen LogP contribution in [0.25, 0.3) is 0 Å². The molecule has 3 heteroatoms. The Morgan fingerprint density at radius 3 is 2.58 bits per heavy atom. The number of benzene rings is 1. The highest BCUT2D eigenvalue weighted by atomic mass is 16.6. The van der Waals surface area contributed by atoms with Crippen molar-refractivity contribution in [3.05, 3.63) is 23.8 Å². The van der Waals surface area contributed by atoms with Gasteiger partial charge in [-0.2, -0.15) is 0 Å². The molecule has 104 valence electrons. The average molecular weight is 261 g/mol. The highest BCUT2D eigenvalue weighted by molar-refractivity contribution is 5.46. The number of fused-ring (bicyclic) bond motifs is 2. The van der Waals surface area contributed by atoms with Crippen LogP contribution in [0.5, 0.6) is 11.5 Å². The number of piperidine rings is 1. The maximum absolute atomic E-state index is 6.17. The summed E-state index contributed by atoms with van der Waals surface area (Å²) < 4.78 is 12.3. The van der Waals surface area contributed by atoms with Crippen molar-refractivity contribution < 1.29 is 9.47 Å². The third-order valence-corrected chi connectivity index (χ3v) is 4.07. The van der Waals surface area contributed by atoms with E-state index in [-0.39, 0.29) is 17.6 Å². The molecule has 2 aliphatic heterocycles. The Labute approximate surface area is 115 Å². The minimum absolute atomic E-state index is 0.141. The smallest absolute Gasteiger partial charge is 0.162 e. The molecule has 19 heavy (non-hydrogen) atoms. The first-order valence-corrected chi connectivity index (χ1v) is 7.10. The molecule has 0 bridgehead atoms. The van der Waals surface area contributed by atoms with Crippen molar-refractivity contribution in [2.45, 2.75) is 44.8 Å². The van der Waals surface area contributed by atoms with Crippen LogP contribution in [0.15, 0.2) is 18.2 Å². The molecule has 0 amide bonds. The summed E-state index contributed by atoms with van der Waals surface area (Å²) in [6.07, 6.45) is 1.42. The van der Waals surface area contributed by atoms with Gasteiger partial charge >= 0.3 is 0 Å². The van der Waals surface area contributed by atoms with E-state index in [0.717, 1.165) is 31.0 Å². The number of rotatable bonds is 0. The molecule has 3 rings (SSSR count). The Morgan fingerprint density at radius 1 is 1.11 bits per heavy atom. The fourth-order valence-corrected chi connectivity index (χ4v) is 2.79. The van der Waals surface area contributed by atoms with E-state index in [1.807, 2.05) is 0 Å². The Hall–Kier alpha value is -1.22. The summed E-state index contributed by atoms with van der Waals surface area (Å²) in [6, 6.07) is 6.35. The lowest BCUT2D eigenvalue weighted by Gasteiger charge is -2.40. The van der Waals surface area contributed by atoms with Crippen molar-refractivity contribution in [2.75, 3.05) is 20.1 Å². The summed E-state index contributed by atoms with van der Waals surface area (Å²) in [5.74, 6) is 1.81. The molecular formula is C16H23NO2. The predicted molar refractivity (Wildman–Crippen MR) is 76.1 cm³/mol. The summed E-state index contributed by atoms with van der Waals surface area (Å²) in [6.45, 7) is 8.69. The Kier molecular flexibility index (Phi) is 2.97. The maximum Gasteiger partial charge on any atom is 0.162 e. The van der Waals surface area contributed by atoms with Crippen molar-refractivity contribution >= 4 is 0 Å². The molecular weight excluding hydrogens is 238 g/mol. The first-order valence-electron chi connectivity index (χ1n) is 7.10. The summed E-state index contributed by atoms with van der Waals surface area (Å²) in [4.78, 5) is 2.30. The normalized spacial score (nSPS) is 26.9. The van der Waals surface area contributed by atoms with Crippen molar-refractivity contribution in [1.82, 2.24) is 4.90 Å². The topological polar surface area (TPSA) is 21.7 Å². The van der Waals surface area contributed by atoms with Gasteiger partial charge in [0.2, 0.25) is 0 Å². The Balaban J connectivity index is 1.88. The van der Waals surface area contributed by atoms with E-state index in [4.69, 9.17) is 9.47 Å². The predicted octanol–water partition coefficient (Wildman–Crippen LogP) is 2.83. The number of nitrogens with zero attached hydrogens (tertiary/aromatic N) is 1. The molecule has 0 N–H and O–H groups in total. The molecule has 1 fully saturated rings. The van der Waals surface area contributed by atoms with Gasteiger partial charge in [0.05, 0.1) is 0 Å². The second-order valence-electron chi connectivity index (χ2n) is 6.78. The number of ether oxygens (including phenoxy) is 2. The molecule has 0 spiro atoms. The molecule has 1 aromatic carbocycles. The third-order valence-electron chi connectivity index (χ3n) is 4.07. The van der Waals surface area contributed by atoms with E-state index in [2.05, 4.69) is 50.9 Å². The van der Waals surface area contributed by atoms with E-state index < -0.39 is 0 Å².